The van der Waals surface area contributed by atoms with Crippen LogP contribution in [0.5, 0.6) is 0 Å². The van der Waals surface area contributed by atoms with E-state index in [2.05, 4.69) is 10.1 Å². The first kappa shape index (κ1) is 17.9. The van der Waals surface area contributed by atoms with Crippen LogP contribution in [0.25, 0.3) is 22.6 Å². The van der Waals surface area contributed by atoms with Crippen LogP contribution >= 0.6 is 0 Å². The van der Waals surface area contributed by atoms with Crippen molar-refractivity contribution in [1.82, 2.24) is 10.1 Å². The molecule has 1 unspecified atom stereocenters. The predicted octanol–water partition coefficient (Wildman–Crippen LogP) is 4.90. The number of aliphatic hydroxyl groups is 1. The Morgan fingerprint density at radius 1 is 0.929 bits per heavy atom. The lowest BCUT2D eigenvalue weighted by atomic mass is 9.94. The maximum atomic E-state index is 14.4. The number of aliphatic hydroxyl groups excluding tert-OH is 1. The number of nitrogens with zero attached hydrogens (tertiary/aromatic N) is 2. The summed E-state index contributed by atoms with van der Waals surface area (Å²) in [7, 11) is 0. The summed E-state index contributed by atoms with van der Waals surface area (Å²) in [5.74, 6) is -2.28. The first-order valence-corrected chi connectivity index (χ1v) is 8.33. The minimum atomic E-state index is -1.31. The van der Waals surface area contributed by atoms with Gasteiger partial charge in [-0.25, -0.2) is 13.2 Å². The van der Waals surface area contributed by atoms with Crippen LogP contribution in [-0.2, 0) is 0 Å². The Kier molecular flexibility index (Phi) is 4.67. The Morgan fingerprint density at radius 2 is 1.68 bits per heavy atom. The van der Waals surface area contributed by atoms with Crippen molar-refractivity contribution in [2.75, 3.05) is 0 Å². The Hall–Kier alpha value is -3.45. The van der Waals surface area contributed by atoms with E-state index in [0.717, 1.165) is 18.2 Å². The third kappa shape index (κ3) is 3.27. The van der Waals surface area contributed by atoms with E-state index in [1.165, 1.54) is 30.6 Å². The van der Waals surface area contributed by atoms with Gasteiger partial charge in [0.1, 0.15) is 29.2 Å². The van der Waals surface area contributed by atoms with Gasteiger partial charge in [0.25, 0.3) is 0 Å². The van der Waals surface area contributed by atoms with E-state index in [-0.39, 0.29) is 28.1 Å². The van der Waals surface area contributed by atoms with Crippen LogP contribution < -0.4 is 0 Å². The molecule has 2 aromatic heterocycles. The Labute approximate surface area is 157 Å². The summed E-state index contributed by atoms with van der Waals surface area (Å²) in [6, 6.07) is 11.9. The lowest BCUT2D eigenvalue weighted by molar-refractivity contribution is 0.220. The number of pyridine rings is 1. The molecule has 0 aliphatic heterocycles. The number of aromatic nitrogens is 2. The van der Waals surface area contributed by atoms with Crippen LogP contribution in [-0.4, -0.2) is 15.2 Å². The highest BCUT2D eigenvalue weighted by atomic mass is 19.1. The first-order valence-electron chi connectivity index (χ1n) is 8.33. The molecular weight excluding hydrogens is 369 g/mol. The molecule has 0 radical (unpaired) electrons. The molecule has 2 aromatic carbocycles. The van der Waals surface area contributed by atoms with Crippen LogP contribution in [0.15, 0.2) is 71.5 Å². The summed E-state index contributed by atoms with van der Waals surface area (Å²) >= 11 is 0. The SMILES string of the molecule is OC(c1cccnc1)c1c(-c2ccccc2F)noc1-c1cc(F)cc(F)c1. The van der Waals surface area contributed by atoms with Crippen molar-refractivity contribution in [3.8, 4) is 22.6 Å². The highest BCUT2D eigenvalue weighted by Gasteiger charge is 2.28. The van der Waals surface area contributed by atoms with E-state index in [4.69, 9.17) is 4.52 Å². The van der Waals surface area contributed by atoms with Gasteiger partial charge in [-0.1, -0.05) is 23.4 Å². The number of halogens is 3. The van der Waals surface area contributed by atoms with Crippen LogP contribution in [0.1, 0.15) is 17.2 Å². The molecule has 2 heterocycles. The molecule has 4 rings (SSSR count). The quantitative estimate of drug-likeness (QED) is 0.545. The lowest BCUT2D eigenvalue weighted by Crippen LogP contribution is -2.03. The number of benzene rings is 2. The summed E-state index contributed by atoms with van der Waals surface area (Å²) in [5, 5.41) is 14.8. The molecule has 0 saturated carbocycles. The van der Waals surface area contributed by atoms with Gasteiger partial charge in [-0.2, -0.15) is 0 Å². The van der Waals surface area contributed by atoms with Crippen molar-refractivity contribution in [3.05, 3.63) is 95.6 Å². The van der Waals surface area contributed by atoms with E-state index in [9.17, 15) is 18.3 Å². The number of rotatable bonds is 4. The van der Waals surface area contributed by atoms with Crippen LogP contribution in [0.3, 0.4) is 0 Å². The van der Waals surface area contributed by atoms with Gasteiger partial charge in [0.05, 0.1) is 5.56 Å². The van der Waals surface area contributed by atoms with Gasteiger partial charge in [-0.3, -0.25) is 4.98 Å². The highest BCUT2D eigenvalue weighted by molar-refractivity contribution is 5.74. The van der Waals surface area contributed by atoms with Crippen molar-refractivity contribution >= 4 is 0 Å². The molecule has 0 saturated heterocycles. The maximum Gasteiger partial charge on any atom is 0.173 e. The molecule has 0 fully saturated rings. The molecule has 0 aliphatic rings. The van der Waals surface area contributed by atoms with Gasteiger partial charge in [0, 0.05) is 35.2 Å². The second-order valence-electron chi connectivity index (χ2n) is 6.10. The summed E-state index contributed by atoms with van der Waals surface area (Å²) in [6.07, 6.45) is 1.65. The molecule has 0 amide bonds. The fourth-order valence-electron chi connectivity index (χ4n) is 3.00. The highest BCUT2D eigenvalue weighted by Crippen LogP contribution is 2.39. The van der Waals surface area contributed by atoms with Crippen molar-refractivity contribution in [2.45, 2.75) is 6.10 Å². The van der Waals surface area contributed by atoms with E-state index in [0.29, 0.717) is 5.56 Å². The maximum absolute atomic E-state index is 14.4. The minimum absolute atomic E-state index is 0.0329. The second-order valence-corrected chi connectivity index (χ2v) is 6.10. The van der Waals surface area contributed by atoms with Crippen molar-refractivity contribution in [3.63, 3.8) is 0 Å². The van der Waals surface area contributed by atoms with Gasteiger partial charge in [-0.15, -0.1) is 0 Å². The normalized spacial score (nSPS) is 12.1. The minimum Gasteiger partial charge on any atom is -0.383 e. The van der Waals surface area contributed by atoms with Gasteiger partial charge in [0.15, 0.2) is 5.76 Å². The smallest absolute Gasteiger partial charge is 0.173 e. The van der Waals surface area contributed by atoms with E-state index < -0.39 is 23.6 Å². The van der Waals surface area contributed by atoms with Crippen molar-refractivity contribution in [1.29, 1.82) is 0 Å². The van der Waals surface area contributed by atoms with Gasteiger partial charge < -0.3 is 9.63 Å². The molecule has 0 spiro atoms. The second kappa shape index (κ2) is 7.28. The predicted molar refractivity (Wildman–Crippen MR) is 95.5 cm³/mol. The fraction of sp³-hybridized carbons (Fsp3) is 0.0476. The Bertz CT molecular complexity index is 1110. The zero-order valence-corrected chi connectivity index (χ0v) is 14.3. The zero-order valence-electron chi connectivity index (χ0n) is 14.3. The molecule has 1 N–H and O–H groups in total. The van der Waals surface area contributed by atoms with Gasteiger partial charge in [-0.05, 0) is 30.3 Å². The summed E-state index contributed by atoms with van der Waals surface area (Å²) in [6.45, 7) is 0. The monoisotopic (exact) mass is 382 g/mol. The standard InChI is InChI=1S/C21H13F3N2O2/c22-14-8-13(9-15(23)10-14)21-18(20(27)12-4-3-7-25-11-12)19(26-28-21)16-5-1-2-6-17(16)24/h1-11,20,27H. The first-order chi connectivity index (χ1) is 13.5. The molecule has 1 atom stereocenters. The number of hydrogen-bond donors (Lipinski definition) is 1. The lowest BCUT2D eigenvalue weighted by Gasteiger charge is -2.13. The van der Waals surface area contributed by atoms with E-state index >= 15 is 0 Å². The molecule has 28 heavy (non-hydrogen) atoms. The molecule has 7 heteroatoms. The molecule has 140 valence electrons. The molecule has 0 bridgehead atoms. The third-order valence-electron chi connectivity index (χ3n) is 4.26. The molecular formula is C21H13F3N2O2. The largest absolute Gasteiger partial charge is 0.383 e. The van der Waals surface area contributed by atoms with Gasteiger partial charge in [0.2, 0.25) is 0 Å². The van der Waals surface area contributed by atoms with Crippen LogP contribution in [0.4, 0.5) is 13.2 Å². The van der Waals surface area contributed by atoms with E-state index in [1.54, 1.807) is 18.2 Å². The van der Waals surface area contributed by atoms with Crippen molar-refractivity contribution < 1.29 is 22.8 Å². The topological polar surface area (TPSA) is 59.2 Å². The van der Waals surface area contributed by atoms with Crippen LogP contribution in [0, 0.1) is 17.5 Å². The van der Waals surface area contributed by atoms with Crippen molar-refractivity contribution in [2.24, 2.45) is 0 Å². The van der Waals surface area contributed by atoms with Gasteiger partial charge >= 0.3 is 0 Å². The Morgan fingerprint density at radius 3 is 2.36 bits per heavy atom. The molecule has 4 aromatic rings. The summed E-state index contributed by atoms with van der Waals surface area (Å²) in [4.78, 5) is 3.96. The fourth-order valence-corrected chi connectivity index (χ4v) is 3.00. The molecule has 4 nitrogen and oxygen atoms in total. The number of hydrogen-bond acceptors (Lipinski definition) is 4. The summed E-state index contributed by atoms with van der Waals surface area (Å²) in [5.41, 5.74) is 0.636. The zero-order chi connectivity index (χ0) is 19.7. The Balaban J connectivity index is 1.96. The summed E-state index contributed by atoms with van der Waals surface area (Å²) < 4.78 is 47.1. The average molecular weight is 382 g/mol. The third-order valence-corrected chi connectivity index (χ3v) is 4.26. The van der Waals surface area contributed by atoms with Crippen LogP contribution in [0.2, 0.25) is 0 Å². The van der Waals surface area contributed by atoms with E-state index in [1.807, 2.05) is 0 Å². The average Bonchev–Trinajstić information content (AvgIpc) is 3.12. The molecule has 0 aliphatic carbocycles.